The summed E-state index contributed by atoms with van der Waals surface area (Å²) in [5.74, 6) is 0.472. The summed E-state index contributed by atoms with van der Waals surface area (Å²) in [7, 11) is 0. The molecule has 3 aliphatic rings. The lowest BCUT2D eigenvalue weighted by Crippen LogP contribution is -2.65. The summed E-state index contributed by atoms with van der Waals surface area (Å²) in [6.45, 7) is 4.84. The van der Waals surface area contributed by atoms with Crippen molar-refractivity contribution in [2.75, 3.05) is 31.5 Å². The molecule has 1 unspecified atom stereocenters. The Hall–Kier alpha value is -3.15. The van der Waals surface area contributed by atoms with Crippen LogP contribution in [-0.4, -0.2) is 48.5 Å². The van der Waals surface area contributed by atoms with Crippen molar-refractivity contribution in [3.63, 3.8) is 0 Å². The molecule has 6 rings (SSSR count). The first kappa shape index (κ1) is 25.0. The van der Waals surface area contributed by atoms with E-state index in [2.05, 4.69) is 5.32 Å². The Kier molecular flexibility index (Phi) is 8.21. The van der Waals surface area contributed by atoms with Gasteiger partial charge in [0.2, 0.25) is 5.78 Å². The number of Topliss-reactive ketones (excluding diaryl/α,β-unsaturated/α-hetero) is 1. The summed E-state index contributed by atoms with van der Waals surface area (Å²) in [4.78, 5) is 23.7. The van der Waals surface area contributed by atoms with E-state index < -0.39 is 0 Å². The molecule has 6 heteroatoms. The van der Waals surface area contributed by atoms with Crippen LogP contribution in [0.15, 0.2) is 84.9 Å². The van der Waals surface area contributed by atoms with Gasteiger partial charge in [0, 0.05) is 47.6 Å². The molecule has 3 saturated heterocycles. The number of benzene rings is 3. The van der Waals surface area contributed by atoms with Gasteiger partial charge in [0.1, 0.15) is 13.1 Å². The number of fused-ring (bicyclic) bond motifs is 3. The maximum Gasteiger partial charge on any atom is 0.303 e. The zero-order valence-electron chi connectivity index (χ0n) is 20.0. The van der Waals surface area contributed by atoms with E-state index in [4.69, 9.17) is 16.3 Å². The normalized spacial score (nSPS) is 22.5. The molecule has 3 aromatic rings. The second-order valence-corrected chi connectivity index (χ2v) is 9.84. The molecule has 3 aromatic carbocycles. The van der Waals surface area contributed by atoms with Crippen LogP contribution in [0.1, 0.15) is 30.1 Å². The number of rotatable bonds is 6. The van der Waals surface area contributed by atoms with Gasteiger partial charge in [-0.1, -0.05) is 60.1 Å². The minimum absolute atomic E-state index is 0.00595. The molecule has 0 aromatic heterocycles. The Balaban J connectivity index is 0.000000179. The first-order chi connectivity index (χ1) is 16.9. The fourth-order valence-corrected chi connectivity index (χ4v) is 5.16. The number of hydrogen-bond acceptors (Lipinski definition) is 4. The molecule has 0 aliphatic carbocycles. The summed E-state index contributed by atoms with van der Waals surface area (Å²) in [5.41, 5.74) is 2.90. The van der Waals surface area contributed by atoms with E-state index in [-0.39, 0.29) is 17.9 Å². The summed E-state index contributed by atoms with van der Waals surface area (Å²) in [6.07, 6.45) is 2.11. The third kappa shape index (κ3) is 6.93. The number of halogens is 1. The van der Waals surface area contributed by atoms with Crippen molar-refractivity contribution in [1.29, 1.82) is 0 Å². The SMILES string of the molecule is CC(=O)OC1C[N+]2(CC(=O)c3ccccc3)CCC1CC2.Clc1ccc(Nc2ccccc2)cc1. The van der Waals surface area contributed by atoms with Gasteiger partial charge in [-0.25, -0.2) is 0 Å². The molecule has 3 heterocycles. The molecule has 3 aliphatic heterocycles. The van der Waals surface area contributed by atoms with Gasteiger partial charge in [0.15, 0.2) is 6.10 Å². The first-order valence-electron chi connectivity index (χ1n) is 12.1. The van der Waals surface area contributed by atoms with E-state index in [9.17, 15) is 9.59 Å². The minimum Gasteiger partial charge on any atom is -0.456 e. The van der Waals surface area contributed by atoms with E-state index in [0.717, 1.165) is 58.9 Å². The Morgan fingerprint density at radius 1 is 0.886 bits per heavy atom. The van der Waals surface area contributed by atoms with Gasteiger partial charge in [0.25, 0.3) is 0 Å². The number of ether oxygens (including phenoxy) is 1. The second-order valence-electron chi connectivity index (χ2n) is 9.40. The predicted molar refractivity (Wildman–Crippen MR) is 140 cm³/mol. The standard InChI is InChI=1S/C17H22NO3.C12H10ClN/c1-13(19)21-17-12-18(9-7-15(17)8-10-18)11-16(20)14-5-3-2-4-6-14;13-10-6-8-12(9-7-10)14-11-4-2-1-3-5-11/h2-6,15,17H,7-12H2,1H3;1-9,14H/q+1;. The van der Waals surface area contributed by atoms with Crippen molar-refractivity contribution in [3.05, 3.63) is 95.5 Å². The molecule has 1 N–H and O–H groups in total. The monoisotopic (exact) mass is 491 g/mol. The molecule has 0 saturated carbocycles. The largest absolute Gasteiger partial charge is 0.456 e. The van der Waals surface area contributed by atoms with E-state index in [1.165, 1.54) is 6.92 Å². The lowest BCUT2D eigenvalue weighted by Gasteiger charge is -2.51. The van der Waals surface area contributed by atoms with E-state index >= 15 is 0 Å². The maximum absolute atomic E-state index is 12.5. The molecular formula is C29H32ClN2O3+. The molecule has 3 fully saturated rings. The number of hydrogen-bond donors (Lipinski definition) is 1. The zero-order chi connectivity index (χ0) is 24.7. The van der Waals surface area contributed by atoms with Gasteiger partial charge in [-0.3, -0.25) is 9.59 Å². The van der Waals surface area contributed by atoms with Crippen LogP contribution in [0.25, 0.3) is 0 Å². The highest BCUT2D eigenvalue weighted by Crippen LogP contribution is 2.35. The van der Waals surface area contributed by atoms with Crippen molar-refractivity contribution in [3.8, 4) is 0 Å². The molecule has 0 spiro atoms. The summed E-state index contributed by atoms with van der Waals surface area (Å²) in [5, 5.41) is 4.03. The highest BCUT2D eigenvalue weighted by Gasteiger charge is 2.48. The molecule has 0 radical (unpaired) electrons. The van der Waals surface area contributed by atoms with Gasteiger partial charge in [-0.05, 0) is 36.4 Å². The van der Waals surface area contributed by atoms with Crippen molar-refractivity contribution in [2.24, 2.45) is 5.92 Å². The molecule has 0 amide bonds. The summed E-state index contributed by atoms with van der Waals surface area (Å²) >= 11 is 5.79. The van der Waals surface area contributed by atoms with Crippen LogP contribution < -0.4 is 5.32 Å². The number of para-hydroxylation sites is 1. The Morgan fingerprint density at radius 2 is 1.46 bits per heavy atom. The number of ketones is 1. The topological polar surface area (TPSA) is 55.4 Å². The Bertz CT molecular complexity index is 1110. The fourth-order valence-electron chi connectivity index (χ4n) is 5.03. The van der Waals surface area contributed by atoms with Gasteiger partial charge in [-0.15, -0.1) is 0 Å². The molecule has 2 bridgehead atoms. The van der Waals surface area contributed by atoms with Crippen LogP contribution in [0.5, 0.6) is 0 Å². The Labute approximate surface area is 212 Å². The molecule has 35 heavy (non-hydrogen) atoms. The van der Waals surface area contributed by atoms with Gasteiger partial charge in [0.05, 0.1) is 13.1 Å². The first-order valence-corrected chi connectivity index (χ1v) is 12.5. The average molecular weight is 492 g/mol. The number of nitrogens with one attached hydrogen (secondary N) is 1. The summed E-state index contributed by atoms with van der Waals surface area (Å²) < 4.78 is 6.25. The zero-order valence-corrected chi connectivity index (χ0v) is 20.8. The highest BCUT2D eigenvalue weighted by atomic mass is 35.5. The number of anilines is 2. The average Bonchev–Trinajstić information content (AvgIpc) is 2.87. The molecule has 182 valence electrons. The van der Waals surface area contributed by atoms with Crippen molar-refractivity contribution < 1.29 is 18.8 Å². The number of nitrogens with zero attached hydrogens (tertiary/aromatic N) is 1. The highest BCUT2D eigenvalue weighted by molar-refractivity contribution is 6.30. The third-order valence-electron chi connectivity index (χ3n) is 6.84. The van der Waals surface area contributed by atoms with Crippen LogP contribution in [0.3, 0.4) is 0 Å². The van der Waals surface area contributed by atoms with Crippen LogP contribution >= 0.6 is 11.6 Å². The van der Waals surface area contributed by atoms with E-state index in [1.807, 2.05) is 84.9 Å². The fraction of sp³-hybridized carbons (Fsp3) is 0.310. The van der Waals surface area contributed by atoms with Gasteiger partial charge >= 0.3 is 5.97 Å². The minimum atomic E-state index is -0.207. The second kappa shape index (κ2) is 11.5. The van der Waals surface area contributed by atoms with Gasteiger partial charge < -0.3 is 14.5 Å². The maximum atomic E-state index is 12.5. The van der Waals surface area contributed by atoms with Crippen molar-refractivity contribution in [1.82, 2.24) is 0 Å². The van der Waals surface area contributed by atoms with Crippen LogP contribution in [-0.2, 0) is 9.53 Å². The van der Waals surface area contributed by atoms with Crippen LogP contribution in [0, 0.1) is 5.92 Å². The van der Waals surface area contributed by atoms with E-state index in [1.54, 1.807) is 0 Å². The predicted octanol–water partition coefficient (Wildman–Crippen LogP) is 6.13. The van der Waals surface area contributed by atoms with Crippen molar-refractivity contribution in [2.45, 2.75) is 25.9 Å². The van der Waals surface area contributed by atoms with E-state index in [0.29, 0.717) is 12.5 Å². The van der Waals surface area contributed by atoms with Crippen molar-refractivity contribution >= 4 is 34.7 Å². The number of carbonyl (C=O) groups excluding carboxylic acids is 2. The van der Waals surface area contributed by atoms with Gasteiger partial charge in [-0.2, -0.15) is 0 Å². The van der Waals surface area contributed by atoms with Crippen LogP contribution in [0.4, 0.5) is 11.4 Å². The lowest BCUT2D eigenvalue weighted by molar-refractivity contribution is -0.938. The number of quaternary nitrogens is 1. The summed E-state index contributed by atoms with van der Waals surface area (Å²) in [6, 6.07) is 27.2. The number of carbonyl (C=O) groups is 2. The Morgan fingerprint density at radius 3 is 2.06 bits per heavy atom. The smallest absolute Gasteiger partial charge is 0.303 e. The number of esters is 1. The van der Waals surface area contributed by atoms with Crippen LogP contribution in [0.2, 0.25) is 5.02 Å². The number of piperidine rings is 3. The molecule has 1 atom stereocenters. The molecular weight excluding hydrogens is 460 g/mol. The third-order valence-corrected chi connectivity index (χ3v) is 7.09. The molecule has 5 nitrogen and oxygen atoms in total. The quantitative estimate of drug-likeness (QED) is 0.256. The lowest BCUT2D eigenvalue weighted by atomic mass is 9.83.